The van der Waals surface area contributed by atoms with Crippen molar-refractivity contribution in [3.63, 3.8) is 0 Å². The highest BCUT2D eigenvalue weighted by Gasteiger charge is 2.14. The fraction of sp³-hybridized carbons (Fsp3) is 0.462. The van der Waals surface area contributed by atoms with Crippen molar-refractivity contribution >= 4 is 20.9 Å². The van der Waals surface area contributed by atoms with Crippen LogP contribution in [0.2, 0.25) is 0 Å². The summed E-state index contributed by atoms with van der Waals surface area (Å²) in [5.41, 5.74) is 1.36. The molecule has 18 heavy (non-hydrogen) atoms. The highest BCUT2D eigenvalue weighted by atomic mass is 32.2. The van der Waals surface area contributed by atoms with Crippen LogP contribution in [0.25, 0.3) is 11.0 Å². The molecule has 0 fully saturated rings. The molecular formula is C13H18N2O2S. The molecule has 0 aliphatic heterocycles. The quantitative estimate of drug-likeness (QED) is 0.846. The SMILES string of the molecule is CCCCCc1nc2c(S(C)(=O)=O)cccc2[nH]1. The first-order chi connectivity index (χ1) is 8.52. The molecule has 0 spiro atoms. The molecule has 2 aromatic rings. The number of fused-ring (bicyclic) bond motifs is 1. The molecule has 98 valence electrons. The van der Waals surface area contributed by atoms with Crippen molar-refractivity contribution in [3.05, 3.63) is 24.0 Å². The van der Waals surface area contributed by atoms with Gasteiger partial charge in [-0.2, -0.15) is 0 Å². The Balaban J connectivity index is 2.39. The first-order valence-corrected chi connectivity index (χ1v) is 8.09. The van der Waals surface area contributed by atoms with Crippen LogP contribution < -0.4 is 0 Å². The van der Waals surface area contributed by atoms with Gasteiger partial charge in [-0.05, 0) is 18.6 Å². The molecule has 0 amide bonds. The van der Waals surface area contributed by atoms with Gasteiger partial charge in [0.1, 0.15) is 11.3 Å². The van der Waals surface area contributed by atoms with E-state index in [1.807, 2.05) is 6.07 Å². The monoisotopic (exact) mass is 266 g/mol. The largest absolute Gasteiger partial charge is 0.342 e. The number of H-pyrrole nitrogens is 1. The summed E-state index contributed by atoms with van der Waals surface area (Å²) in [5, 5.41) is 0. The number of hydrogen-bond acceptors (Lipinski definition) is 3. The number of imidazole rings is 1. The van der Waals surface area contributed by atoms with Crippen LogP contribution in [-0.4, -0.2) is 24.6 Å². The van der Waals surface area contributed by atoms with Crippen LogP contribution in [0.5, 0.6) is 0 Å². The number of aryl methyl sites for hydroxylation is 1. The zero-order valence-corrected chi connectivity index (χ0v) is 11.5. The van der Waals surface area contributed by atoms with Crippen molar-refractivity contribution in [2.75, 3.05) is 6.26 Å². The molecular weight excluding hydrogens is 248 g/mol. The minimum atomic E-state index is -3.22. The summed E-state index contributed by atoms with van der Waals surface area (Å²) in [6.07, 6.45) is 5.48. The Hall–Kier alpha value is -1.36. The average molecular weight is 266 g/mol. The summed E-state index contributed by atoms with van der Waals surface area (Å²) in [5.74, 6) is 0.870. The lowest BCUT2D eigenvalue weighted by Gasteiger charge is -1.97. The molecule has 0 unspecified atom stereocenters. The van der Waals surface area contributed by atoms with E-state index in [0.29, 0.717) is 10.4 Å². The Bertz CT molecular complexity index is 644. The Morgan fingerprint density at radius 2 is 2.06 bits per heavy atom. The number of benzene rings is 1. The van der Waals surface area contributed by atoms with Crippen molar-refractivity contribution in [1.82, 2.24) is 9.97 Å². The number of aromatic amines is 1. The molecule has 1 N–H and O–H groups in total. The number of sulfone groups is 1. The molecule has 0 aliphatic carbocycles. The van der Waals surface area contributed by atoms with Crippen LogP contribution >= 0.6 is 0 Å². The lowest BCUT2D eigenvalue weighted by atomic mass is 10.2. The molecule has 1 aromatic carbocycles. The van der Waals surface area contributed by atoms with E-state index in [1.165, 1.54) is 6.26 Å². The number of para-hydroxylation sites is 1. The third-order valence-electron chi connectivity index (χ3n) is 2.94. The van der Waals surface area contributed by atoms with E-state index >= 15 is 0 Å². The Labute approximate surface area is 107 Å². The molecule has 1 heterocycles. The van der Waals surface area contributed by atoms with Crippen LogP contribution in [0.1, 0.15) is 32.0 Å². The molecule has 0 atom stereocenters. The first-order valence-electron chi connectivity index (χ1n) is 6.20. The molecule has 0 radical (unpaired) electrons. The second-order valence-electron chi connectivity index (χ2n) is 4.57. The first kappa shape index (κ1) is 13.1. The Morgan fingerprint density at radius 1 is 1.28 bits per heavy atom. The third-order valence-corrected chi connectivity index (χ3v) is 4.07. The topological polar surface area (TPSA) is 62.8 Å². The summed E-state index contributed by atoms with van der Waals surface area (Å²) in [6, 6.07) is 5.21. The van der Waals surface area contributed by atoms with Crippen molar-refractivity contribution in [1.29, 1.82) is 0 Å². The van der Waals surface area contributed by atoms with E-state index in [9.17, 15) is 8.42 Å². The van der Waals surface area contributed by atoms with E-state index in [2.05, 4.69) is 16.9 Å². The van der Waals surface area contributed by atoms with Crippen LogP contribution in [0.15, 0.2) is 23.1 Å². The van der Waals surface area contributed by atoms with Gasteiger partial charge in [0.05, 0.1) is 10.4 Å². The fourth-order valence-corrected chi connectivity index (χ4v) is 2.85. The van der Waals surface area contributed by atoms with E-state index < -0.39 is 9.84 Å². The molecule has 0 bridgehead atoms. The molecule has 0 saturated heterocycles. The van der Waals surface area contributed by atoms with Gasteiger partial charge in [0.25, 0.3) is 0 Å². The van der Waals surface area contributed by atoms with Gasteiger partial charge in [-0.1, -0.05) is 25.8 Å². The zero-order chi connectivity index (χ0) is 13.2. The highest BCUT2D eigenvalue weighted by molar-refractivity contribution is 7.91. The smallest absolute Gasteiger partial charge is 0.177 e. The maximum Gasteiger partial charge on any atom is 0.177 e. The van der Waals surface area contributed by atoms with E-state index in [1.54, 1.807) is 12.1 Å². The van der Waals surface area contributed by atoms with Gasteiger partial charge < -0.3 is 4.98 Å². The van der Waals surface area contributed by atoms with E-state index in [0.717, 1.165) is 37.0 Å². The lowest BCUT2D eigenvalue weighted by Crippen LogP contribution is -1.97. The number of nitrogens with one attached hydrogen (secondary N) is 1. The molecule has 5 heteroatoms. The summed E-state index contributed by atoms with van der Waals surface area (Å²) in [6.45, 7) is 2.15. The van der Waals surface area contributed by atoms with Gasteiger partial charge in [0.2, 0.25) is 0 Å². The van der Waals surface area contributed by atoms with E-state index in [-0.39, 0.29) is 0 Å². The van der Waals surface area contributed by atoms with Gasteiger partial charge in [0, 0.05) is 12.7 Å². The van der Waals surface area contributed by atoms with Gasteiger partial charge in [-0.25, -0.2) is 13.4 Å². The van der Waals surface area contributed by atoms with Crippen LogP contribution in [-0.2, 0) is 16.3 Å². The zero-order valence-electron chi connectivity index (χ0n) is 10.7. The van der Waals surface area contributed by atoms with Gasteiger partial charge in [-0.3, -0.25) is 0 Å². The summed E-state index contributed by atoms with van der Waals surface area (Å²) in [4.78, 5) is 7.91. The number of aromatic nitrogens is 2. The van der Waals surface area contributed by atoms with Gasteiger partial charge in [-0.15, -0.1) is 0 Å². The number of rotatable bonds is 5. The second kappa shape index (κ2) is 5.10. The Kier molecular flexibility index (Phi) is 3.71. The molecule has 0 saturated carbocycles. The number of hydrogen-bond donors (Lipinski definition) is 1. The fourth-order valence-electron chi connectivity index (χ4n) is 2.02. The molecule has 1 aromatic heterocycles. The number of unbranched alkanes of at least 4 members (excludes halogenated alkanes) is 2. The van der Waals surface area contributed by atoms with Gasteiger partial charge in [0.15, 0.2) is 9.84 Å². The highest BCUT2D eigenvalue weighted by Crippen LogP contribution is 2.21. The standard InChI is InChI=1S/C13H18N2O2S/c1-3-4-5-9-12-14-10-7-6-8-11(13(10)15-12)18(2,16)17/h6-8H,3-5,9H2,1-2H3,(H,14,15). The van der Waals surface area contributed by atoms with Crippen LogP contribution in [0.4, 0.5) is 0 Å². The predicted octanol–water partition coefficient (Wildman–Crippen LogP) is 2.70. The van der Waals surface area contributed by atoms with Crippen molar-refractivity contribution in [2.24, 2.45) is 0 Å². The summed E-state index contributed by atoms with van der Waals surface area (Å²) in [7, 11) is -3.22. The van der Waals surface area contributed by atoms with Crippen molar-refractivity contribution in [3.8, 4) is 0 Å². The third kappa shape index (κ3) is 2.72. The summed E-state index contributed by atoms with van der Waals surface area (Å²) >= 11 is 0. The van der Waals surface area contributed by atoms with Crippen molar-refractivity contribution < 1.29 is 8.42 Å². The van der Waals surface area contributed by atoms with Crippen LogP contribution in [0.3, 0.4) is 0 Å². The lowest BCUT2D eigenvalue weighted by molar-refractivity contribution is 0.602. The predicted molar refractivity (Wildman–Crippen MR) is 72.4 cm³/mol. The van der Waals surface area contributed by atoms with E-state index in [4.69, 9.17) is 0 Å². The second-order valence-corrected chi connectivity index (χ2v) is 6.55. The normalized spacial score (nSPS) is 12.1. The Morgan fingerprint density at radius 3 is 2.72 bits per heavy atom. The van der Waals surface area contributed by atoms with Crippen LogP contribution in [0, 0.1) is 0 Å². The number of nitrogens with zero attached hydrogens (tertiary/aromatic N) is 1. The van der Waals surface area contributed by atoms with Crippen molar-refractivity contribution in [2.45, 2.75) is 37.5 Å². The maximum absolute atomic E-state index is 11.7. The molecule has 0 aliphatic rings. The average Bonchev–Trinajstić information content (AvgIpc) is 2.70. The minimum Gasteiger partial charge on any atom is -0.342 e. The molecule has 2 rings (SSSR count). The summed E-state index contributed by atoms with van der Waals surface area (Å²) < 4.78 is 23.3. The minimum absolute atomic E-state index is 0.304. The maximum atomic E-state index is 11.7. The van der Waals surface area contributed by atoms with Gasteiger partial charge >= 0.3 is 0 Å². The molecule has 4 nitrogen and oxygen atoms in total.